The number of carbonyl (C=O) groups is 1. The first-order valence-electron chi connectivity index (χ1n) is 7.90. The number of nitrogens with zero attached hydrogens (tertiary/aromatic N) is 2. The number of sulfonamides is 1. The average Bonchev–Trinajstić information content (AvgIpc) is 3.33. The van der Waals surface area contributed by atoms with Crippen LogP contribution < -0.4 is 9.64 Å². The predicted molar refractivity (Wildman–Crippen MR) is 95.8 cm³/mol. The monoisotopic (exact) mass is 378 g/mol. The molecule has 1 fully saturated rings. The van der Waals surface area contributed by atoms with Gasteiger partial charge in [-0.1, -0.05) is 6.07 Å². The summed E-state index contributed by atoms with van der Waals surface area (Å²) in [6.45, 7) is 0.493. The largest absolute Gasteiger partial charge is 0.497 e. The van der Waals surface area contributed by atoms with E-state index < -0.39 is 15.4 Å². The Morgan fingerprint density at radius 2 is 2.08 bits per heavy atom. The molecule has 0 aliphatic carbocycles. The molecule has 1 spiro atoms. The Bertz CT molecular complexity index is 940. The number of rotatable bonds is 3. The van der Waals surface area contributed by atoms with Gasteiger partial charge in [-0.2, -0.15) is 4.31 Å². The molecule has 1 amide bonds. The van der Waals surface area contributed by atoms with Gasteiger partial charge in [0.25, 0.3) is 10.0 Å². The summed E-state index contributed by atoms with van der Waals surface area (Å²) in [5.74, 6) is 0.612. The molecule has 132 valence electrons. The number of anilines is 1. The van der Waals surface area contributed by atoms with Crippen molar-refractivity contribution in [1.82, 2.24) is 4.31 Å². The maximum Gasteiger partial charge on any atom is 0.252 e. The summed E-state index contributed by atoms with van der Waals surface area (Å²) in [5.41, 5.74) is 0.840. The summed E-state index contributed by atoms with van der Waals surface area (Å²) in [6.07, 6.45) is 0.473. The maximum absolute atomic E-state index is 13.0. The second-order valence-electron chi connectivity index (χ2n) is 6.35. The van der Waals surface area contributed by atoms with Crippen molar-refractivity contribution in [3.05, 3.63) is 41.3 Å². The topological polar surface area (TPSA) is 66.9 Å². The Kier molecular flexibility index (Phi) is 3.68. The van der Waals surface area contributed by atoms with Gasteiger partial charge in [-0.3, -0.25) is 4.79 Å². The third kappa shape index (κ3) is 2.24. The van der Waals surface area contributed by atoms with Gasteiger partial charge in [-0.25, -0.2) is 8.42 Å². The zero-order valence-corrected chi connectivity index (χ0v) is 15.6. The number of ether oxygens (including phenoxy) is 1. The fourth-order valence-electron chi connectivity index (χ4n) is 3.78. The van der Waals surface area contributed by atoms with Crippen molar-refractivity contribution in [3.63, 3.8) is 0 Å². The van der Waals surface area contributed by atoms with Crippen LogP contribution in [-0.2, 0) is 20.2 Å². The van der Waals surface area contributed by atoms with E-state index in [-0.39, 0.29) is 12.5 Å². The highest BCUT2D eigenvalue weighted by Crippen LogP contribution is 2.48. The van der Waals surface area contributed by atoms with E-state index in [0.29, 0.717) is 22.9 Å². The molecule has 1 atom stereocenters. The van der Waals surface area contributed by atoms with Crippen molar-refractivity contribution in [2.75, 3.05) is 32.1 Å². The molecule has 8 heteroatoms. The van der Waals surface area contributed by atoms with Crippen molar-refractivity contribution in [2.24, 2.45) is 0 Å². The van der Waals surface area contributed by atoms with Crippen LogP contribution in [0, 0.1) is 0 Å². The normalized spacial score (nSPS) is 23.4. The molecule has 0 radical (unpaired) electrons. The quantitative estimate of drug-likeness (QED) is 0.820. The fourth-order valence-corrected chi connectivity index (χ4v) is 6.42. The smallest absolute Gasteiger partial charge is 0.252 e. The summed E-state index contributed by atoms with van der Waals surface area (Å²) < 4.78 is 32.7. The van der Waals surface area contributed by atoms with E-state index in [4.69, 9.17) is 4.74 Å². The van der Waals surface area contributed by atoms with Crippen LogP contribution in [0.1, 0.15) is 12.0 Å². The number of likely N-dealkylation sites (N-methyl/N-ethyl adjacent to an activating group) is 1. The molecular formula is C17H18N2O4S2. The summed E-state index contributed by atoms with van der Waals surface area (Å²) in [5, 5.41) is 1.74. The highest BCUT2D eigenvalue weighted by atomic mass is 32.2. The number of hydrogen-bond acceptors (Lipinski definition) is 5. The molecule has 3 heterocycles. The van der Waals surface area contributed by atoms with Gasteiger partial charge in [0.05, 0.1) is 12.5 Å². The first kappa shape index (κ1) is 16.6. The molecule has 2 aromatic rings. The number of benzene rings is 1. The average molecular weight is 378 g/mol. The van der Waals surface area contributed by atoms with Gasteiger partial charge in [0, 0.05) is 25.8 Å². The first-order valence-corrected chi connectivity index (χ1v) is 10.2. The van der Waals surface area contributed by atoms with Crippen LogP contribution in [0.25, 0.3) is 0 Å². The minimum atomic E-state index is -3.57. The molecule has 0 N–H and O–H groups in total. The SMILES string of the molecule is COc1ccc2c(c1)C1(CCN(S(=O)(=O)c3cccs3)C1)C(=O)N2C. The Labute approximate surface area is 150 Å². The van der Waals surface area contributed by atoms with Crippen LogP contribution in [0.5, 0.6) is 5.75 Å². The second kappa shape index (κ2) is 5.55. The number of thiophene rings is 1. The number of hydrogen-bond donors (Lipinski definition) is 0. The molecule has 1 saturated heterocycles. The van der Waals surface area contributed by atoms with Crippen molar-refractivity contribution in [3.8, 4) is 5.75 Å². The maximum atomic E-state index is 13.0. The zero-order valence-electron chi connectivity index (χ0n) is 13.9. The fraction of sp³-hybridized carbons (Fsp3) is 0.353. The predicted octanol–water partition coefficient (Wildman–Crippen LogP) is 2.07. The first-order chi connectivity index (χ1) is 11.9. The Balaban J connectivity index is 1.76. The molecule has 1 aromatic heterocycles. The third-order valence-electron chi connectivity index (χ3n) is 5.12. The summed E-state index contributed by atoms with van der Waals surface area (Å²) in [7, 11) is -0.253. The molecule has 1 unspecified atom stereocenters. The molecule has 6 nitrogen and oxygen atoms in total. The minimum Gasteiger partial charge on any atom is -0.497 e. The lowest BCUT2D eigenvalue weighted by molar-refractivity contribution is -0.122. The van der Waals surface area contributed by atoms with E-state index in [1.807, 2.05) is 18.2 Å². The Morgan fingerprint density at radius 1 is 1.28 bits per heavy atom. The second-order valence-corrected chi connectivity index (χ2v) is 9.46. The van der Waals surface area contributed by atoms with Crippen LogP contribution in [0.2, 0.25) is 0 Å². The van der Waals surface area contributed by atoms with Crippen molar-refractivity contribution >= 4 is 33.0 Å². The summed E-state index contributed by atoms with van der Waals surface area (Å²) >= 11 is 1.20. The number of fused-ring (bicyclic) bond motifs is 2. The van der Waals surface area contributed by atoms with E-state index in [9.17, 15) is 13.2 Å². The number of methoxy groups -OCH3 is 1. The van der Waals surface area contributed by atoms with Crippen LogP contribution in [0.4, 0.5) is 5.69 Å². The van der Waals surface area contributed by atoms with E-state index >= 15 is 0 Å². The third-order valence-corrected chi connectivity index (χ3v) is 8.34. The molecule has 2 aliphatic rings. The highest BCUT2D eigenvalue weighted by Gasteiger charge is 2.55. The molecular weight excluding hydrogens is 360 g/mol. The Hall–Kier alpha value is -1.90. The van der Waals surface area contributed by atoms with Crippen molar-refractivity contribution < 1.29 is 17.9 Å². The van der Waals surface area contributed by atoms with E-state index in [1.165, 1.54) is 15.6 Å². The summed E-state index contributed by atoms with van der Waals surface area (Å²) in [6, 6.07) is 8.86. The molecule has 25 heavy (non-hydrogen) atoms. The molecule has 0 bridgehead atoms. The van der Waals surface area contributed by atoms with Gasteiger partial charge < -0.3 is 9.64 Å². The van der Waals surface area contributed by atoms with Gasteiger partial charge in [-0.15, -0.1) is 11.3 Å². The van der Waals surface area contributed by atoms with Crippen LogP contribution in [0.3, 0.4) is 0 Å². The summed E-state index contributed by atoms with van der Waals surface area (Å²) in [4.78, 5) is 14.6. The van der Waals surface area contributed by atoms with E-state index in [1.54, 1.807) is 36.6 Å². The standard InChI is InChI=1S/C17H18N2O4S2/c1-18-14-6-5-12(23-2)10-13(14)17(16(18)20)7-8-19(11-17)25(21,22)15-4-3-9-24-15/h3-6,9-10H,7-8,11H2,1-2H3. The minimum absolute atomic E-state index is 0.0559. The van der Waals surface area contributed by atoms with Gasteiger partial charge in [0.15, 0.2) is 0 Å². The van der Waals surface area contributed by atoms with Gasteiger partial charge in [0.2, 0.25) is 5.91 Å². The van der Waals surface area contributed by atoms with Crippen molar-refractivity contribution in [2.45, 2.75) is 16.0 Å². The van der Waals surface area contributed by atoms with Crippen LogP contribution in [-0.4, -0.2) is 45.9 Å². The molecule has 4 rings (SSSR count). The Morgan fingerprint density at radius 3 is 2.76 bits per heavy atom. The number of amides is 1. The molecule has 0 saturated carbocycles. The van der Waals surface area contributed by atoms with Crippen LogP contribution >= 0.6 is 11.3 Å². The molecule has 2 aliphatic heterocycles. The van der Waals surface area contributed by atoms with Gasteiger partial charge in [-0.05, 0) is 41.6 Å². The highest BCUT2D eigenvalue weighted by molar-refractivity contribution is 7.91. The number of carbonyl (C=O) groups excluding carboxylic acids is 1. The van der Waals surface area contributed by atoms with Crippen LogP contribution in [0.15, 0.2) is 39.9 Å². The van der Waals surface area contributed by atoms with Gasteiger partial charge in [0.1, 0.15) is 9.96 Å². The zero-order chi connectivity index (χ0) is 17.8. The van der Waals surface area contributed by atoms with E-state index in [2.05, 4.69) is 0 Å². The lowest BCUT2D eigenvalue weighted by Crippen LogP contribution is -2.42. The van der Waals surface area contributed by atoms with Gasteiger partial charge >= 0.3 is 0 Å². The van der Waals surface area contributed by atoms with E-state index in [0.717, 1.165) is 11.3 Å². The molecule has 1 aromatic carbocycles. The lowest BCUT2D eigenvalue weighted by Gasteiger charge is -2.23. The van der Waals surface area contributed by atoms with Crippen molar-refractivity contribution in [1.29, 1.82) is 0 Å². The lowest BCUT2D eigenvalue weighted by atomic mass is 9.81.